The van der Waals surface area contributed by atoms with E-state index < -0.39 is 0 Å². The highest BCUT2D eigenvalue weighted by Gasteiger charge is 2.23. The molecule has 3 aromatic heterocycles. The maximum absolute atomic E-state index is 13.3. The molecular weight excluding hydrogens is 346 g/mol. The van der Waals surface area contributed by atoms with Crippen LogP contribution in [0.15, 0.2) is 36.5 Å². The summed E-state index contributed by atoms with van der Waals surface area (Å²) in [6, 6.07) is 9.83. The number of para-hydroxylation sites is 1. The van der Waals surface area contributed by atoms with E-state index >= 15 is 0 Å². The number of nitrogens with two attached hydrogens (primary N) is 1. The van der Waals surface area contributed by atoms with Crippen molar-refractivity contribution in [2.75, 3.05) is 12.8 Å². The number of ketones is 1. The zero-order valence-corrected chi connectivity index (χ0v) is 15.7. The number of carbonyl (C=O) groups is 1. The van der Waals surface area contributed by atoms with E-state index in [2.05, 4.69) is 4.98 Å². The highest BCUT2D eigenvalue weighted by atomic mass is 32.1. The number of aryl methyl sites for hydroxylation is 2. The SMILES string of the molecule is COCc1cc(C)nc2sc(C(=O)c3cn(C)c4ccccc34)c(N)c12. The Labute approximate surface area is 155 Å². The first-order chi connectivity index (χ1) is 12.5. The van der Waals surface area contributed by atoms with Gasteiger partial charge in [-0.15, -0.1) is 11.3 Å². The summed E-state index contributed by atoms with van der Waals surface area (Å²) in [5.41, 5.74) is 10.4. The number of rotatable bonds is 4. The second-order valence-corrected chi connectivity index (χ2v) is 7.38. The number of nitrogen functional groups attached to an aromatic ring is 1. The van der Waals surface area contributed by atoms with Crippen LogP contribution in [0, 0.1) is 6.92 Å². The molecule has 4 rings (SSSR count). The summed E-state index contributed by atoms with van der Waals surface area (Å²) >= 11 is 1.35. The number of anilines is 1. The Morgan fingerprint density at radius 1 is 1.35 bits per heavy atom. The highest BCUT2D eigenvalue weighted by Crippen LogP contribution is 2.37. The first-order valence-corrected chi connectivity index (χ1v) is 9.09. The second-order valence-electron chi connectivity index (χ2n) is 6.38. The van der Waals surface area contributed by atoms with Crippen LogP contribution in [-0.4, -0.2) is 22.4 Å². The van der Waals surface area contributed by atoms with Crippen LogP contribution in [0.3, 0.4) is 0 Å². The number of fused-ring (bicyclic) bond motifs is 2. The molecule has 0 saturated heterocycles. The first kappa shape index (κ1) is 16.8. The van der Waals surface area contributed by atoms with Gasteiger partial charge in [0.1, 0.15) is 9.71 Å². The minimum Gasteiger partial charge on any atom is -0.397 e. The number of ether oxygens (including phenoxy) is 1. The maximum atomic E-state index is 13.3. The summed E-state index contributed by atoms with van der Waals surface area (Å²) in [6.07, 6.45) is 1.87. The van der Waals surface area contributed by atoms with Crippen molar-refractivity contribution in [3.05, 3.63) is 58.2 Å². The molecule has 0 radical (unpaired) electrons. The number of nitrogens with zero attached hydrogens (tertiary/aromatic N) is 2. The minimum atomic E-state index is -0.0664. The Bertz CT molecular complexity index is 1160. The Morgan fingerprint density at radius 2 is 2.12 bits per heavy atom. The average Bonchev–Trinajstić information content (AvgIpc) is 3.13. The van der Waals surface area contributed by atoms with Gasteiger partial charge in [0.15, 0.2) is 0 Å². The van der Waals surface area contributed by atoms with Gasteiger partial charge < -0.3 is 15.0 Å². The van der Waals surface area contributed by atoms with Crippen molar-refractivity contribution in [3.63, 3.8) is 0 Å². The highest BCUT2D eigenvalue weighted by molar-refractivity contribution is 7.21. The lowest BCUT2D eigenvalue weighted by Gasteiger charge is -2.04. The Morgan fingerprint density at radius 3 is 2.88 bits per heavy atom. The Kier molecular flexibility index (Phi) is 4.01. The standard InChI is InChI=1S/C20H19N3O2S/c1-11-8-12(10-25-3)16-17(21)19(26-20(16)22-11)18(24)14-9-23(2)15-7-5-4-6-13(14)15/h4-9H,10,21H2,1-3H3. The van der Waals surface area contributed by atoms with Crippen molar-refractivity contribution in [2.24, 2.45) is 7.05 Å². The van der Waals surface area contributed by atoms with Gasteiger partial charge in [0.2, 0.25) is 5.78 Å². The lowest BCUT2D eigenvalue weighted by molar-refractivity contribution is 0.104. The number of thiophene rings is 1. The van der Waals surface area contributed by atoms with Crippen molar-refractivity contribution in [1.82, 2.24) is 9.55 Å². The second kappa shape index (κ2) is 6.23. The number of carbonyl (C=O) groups excluding carboxylic acids is 1. The predicted octanol–water partition coefficient (Wildman–Crippen LogP) is 4.06. The smallest absolute Gasteiger partial charge is 0.207 e. The minimum absolute atomic E-state index is 0.0664. The normalized spacial score (nSPS) is 11.5. The fourth-order valence-electron chi connectivity index (χ4n) is 3.42. The molecule has 6 heteroatoms. The third kappa shape index (κ3) is 2.50. The number of hydrogen-bond acceptors (Lipinski definition) is 5. The van der Waals surface area contributed by atoms with Crippen molar-refractivity contribution >= 4 is 43.9 Å². The van der Waals surface area contributed by atoms with E-state index in [1.807, 2.05) is 55.1 Å². The summed E-state index contributed by atoms with van der Waals surface area (Å²) in [5.74, 6) is -0.0664. The summed E-state index contributed by atoms with van der Waals surface area (Å²) in [7, 11) is 3.58. The van der Waals surface area contributed by atoms with Gasteiger partial charge in [0.25, 0.3) is 0 Å². The van der Waals surface area contributed by atoms with Gasteiger partial charge in [-0.3, -0.25) is 4.79 Å². The lowest BCUT2D eigenvalue weighted by atomic mass is 10.1. The van der Waals surface area contributed by atoms with E-state index in [1.54, 1.807) is 7.11 Å². The number of hydrogen-bond donors (Lipinski definition) is 1. The molecule has 3 heterocycles. The lowest BCUT2D eigenvalue weighted by Crippen LogP contribution is -2.02. The molecule has 0 fully saturated rings. The molecule has 0 saturated carbocycles. The quantitative estimate of drug-likeness (QED) is 0.554. The first-order valence-electron chi connectivity index (χ1n) is 8.27. The monoisotopic (exact) mass is 365 g/mol. The molecule has 5 nitrogen and oxygen atoms in total. The molecule has 2 N–H and O–H groups in total. The van der Waals surface area contributed by atoms with E-state index in [-0.39, 0.29) is 5.78 Å². The van der Waals surface area contributed by atoms with Gasteiger partial charge in [-0.25, -0.2) is 4.98 Å². The summed E-state index contributed by atoms with van der Waals surface area (Å²) in [4.78, 5) is 19.2. The van der Waals surface area contributed by atoms with Gasteiger partial charge in [0.05, 0.1) is 12.3 Å². The molecule has 0 amide bonds. The van der Waals surface area contributed by atoms with Crippen LogP contribution in [0.2, 0.25) is 0 Å². The van der Waals surface area contributed by atoms with Crippen LogP contribution in [0.25, 0.3) is 21.1 Å². The third-order valence-corrected chi connectivity index (χ3v) is 5.65. The zero-order chi connectivity index (χ0) is 18.4. The van der Waals surface area contributed by atoms with Crippen molar-refractivity contribution in [2.45, 2.75) is 13.5 Å². The average molecular weight is 365 g/mol. The molecule has 26 heavy (non-hydrogen) atoms. The van der Waals surface area contributed by atoms with Crippen LogP contribution in [0.1, 0.15) is 26.5 Å². The molecular formula is C20H19N3O2S. The molecule has 132 valence electrons. The maximum Gasteiger partial charge on any atom is 0.207 e. The largest absolute Gasteiger partial charge is 0.397 e. The van der Waals surface area contributed by atoms with Crippen LogP contribution < -0.4 is 5.73 Å². The predicted molar refractivity (Wildman–Crippen MR) is 106 cm³/mol. The zero-order valence-electron chi connectivity index (χ0n) is 14.9. The molecule has 4 aromatic rings. The van der Waals surface area contributed by atoms with Crippen molar-refractivity contribution < 1.29 is 9.53 Å². The van der Waals surface area contributed by atoms with E-state index in [0.29, 0.717) is 22.7 Å². The summed E-state index contributed by atoms with van der Waals surface area (Å²) < 4.78 is 7.26. The molecule has 0 unspecified atom stereocenters. The van der Waals surface area contributed by atoms with E-state index in [9.17, 15) is 4.79 Å². The third-order valence-electron chi connectivity index (χ3n) is 4.56. The topological polar surface area (TPSA) is 70.1 Å². The van der Waals surface area contributed by atoms with Crippen LogP contribution in [0.5, 0.6) is 0 Å². The number of aromatic nitrogens is 2. The molecule has 0 aliphatic heterocycles. The Hall–Kier alpha value is -2.70. The number of methoxy groups -OCH3 is 1. The number of pyridine rings is 1. The Balaban J connectivity index is 1.92. The van der Waals surface area contributed by atoms with E-state index in [4.69, 9.17) is 10.5 Å². The van der Waals surface area contributed by atoms with Crippen molar-refractivity contribution in [3.8, 4) is 0 Å². The van der Waals surface area contributed by atoms with Crippen LogP contribution >= 0.6 is 11.3 Å². The molecule has 1 aromatic carbocycles. The van der Waals surface area contributed by atoms with E-state index in [0.717, 1.165) is 32.4 Å². The fraction of sp³-hybridized carbons (Fsp3) is 0.200. The van der Waals surface area contributed by atoms with Gasteiger partial charge in [-0.05, 0) is 24.6 Å². The molecule has 0 spiro atoms. The van der Waals surface area contributed by atoms with Crippen LogP contribution in [-0.2, 0) is 18.4 Å². The molecule has 0 bridgehead atoms. The van der Waals surface area contributed by atoms with Crippen LogP contribution in [0.4, 0.5) is 5.69 Å². The summed E-state index contributed by atoms with van der Waals surface area (Å²) in [6.45, 7) is 2.36. The summed E-state index contributed by atoms with van der Waals surface area (Å²) in [5, 5.41) is 1.75. The van der Waals surface area contributed by atoms with Gasteiger partial charge in [-0.2, -0.15) is 0 Å². The molecule has 0 aliphatic rings. The molecule has 0 atom stereocenters. The fourth-order valence-corrected chi connectivity index (χ4v) is 4.56. The number of benzene rings is 1. The van der Waals surface area contributed by atoms with Crippen molar-refractivity contribution in [1.29, 1.82) is 0 Å². The van der Waals surface area contributed by atoms with E-state index in [1.165, 1.54) is 11.3 Å². The van der Waals surface area contributed by atoms with Gasteiger partial charge >= 0.3 is 0 Å². The van der Waals surface area contributed by atoms with Gasteiger partial charge in [-0.1, -0.05) is 18.2 Å². The molecule has 0 aliphatic carbocycles. The van der Waals surface area contributed by atoms with Gasteiger partial charge in [0, 0.05) is 47.9 Å².